The molecule has 0 aliphatic rings. The first-order valence-electron chi connectivity index (χ1n) is 6.27. The van der Waals surface area contributed by atoms with Crippen LogP contribution in [0.1, 0.15) is 21.7 Å². The summed E-state index contributed by atoms with van der Waals surface area (Å²) in [5.74, 6) is 0.329. The van der Waals surface area contributed by atoms with Crippen LogP contribution in [0.4, 0.5) is 5.88 Å². The molecule has 3 rings (SSSR count). The van der Waals surface area contributed by atoms with Gasteiger partial charge in [-0.1, -0.05) is 5.16 Å². The highest BCUT2D eigenvalue weighted by Gasteiger charge is 2.24. The van der Waals surface area contributed by atoms with Crippen molar-refractivity contribution in [1.82, 2.24) is 10.5 Å². The lowest BCUT2D eigenvalue weighted by Crippen LogP contribution is -2.23. The third-order valence-corrected chi connectivity index (χ3v) is 4.05. The summed E-state index contributed by atoms with van der Waals surface area (Å²) in [6.07, 6.45) is 1.55. The maximum absolute atomic E-state index is 12.3. The van der Waals surface area contributed by atoms with Crippen molar-refractivity contribution in [2.24, 2.45) is 0 Å². The van der Waals surface area contributed by atoms with Crippen LogP contribution >= 0.6 is 11.3 Å². The van der Waals surface area contributed by atoms with Crippen LogP contribution in [0.25, 0.3) is 10.6 Å². The van der Waals surface area contributed by atoms with Crippen LogP contribution in [0.5, 0.6) is 0 Å². The van der Waals surface area contributed by atoms with E-state index in [1.54, 1.807) is 18.4 Å². The molecule has 0 fully saturated rings. The first kappa shape index (κ1) is 13.4. The maximum Gasteiger partial charge on any atom is 0.259 e. The van der Waals surface area contributed by atoms with Crippen LogP contribution < -0.4 is 11.1 Å². The summed E-state index contributed by atoms with van der Waals surface area (Å²) in [6.45, 7) is 2.22. The molecule has 0 aliphatic heterocycles. The van der Waals surface area contributed by atoms with Crippen molar-refractivity contribution in [3.8, 4) is 10.6 Å². The summed E-state index contributed by atoms with van der Waals surface area (Å²) in [6, 6.07) is 5.49. The molecular formula is C14H13N3O3S. The Labute approximate surface area is 124 Å². The Balaban J connectivity index is 1.86. The van der Waals surface area contributed by atoms with E-state index in [1.165, 1.54) is 11.3 Å². The van der Waals surface area contributed by atoms with E-state index in [4.69, 9.17) is 14.7 Å². The quantitative estimate of drug-likeness (QED) is 0.773. The highest BCUT2D eigenvalue weighted by atomic mass is 32.1. The molecule has 0 saturated heterocycles. The molecule has 0 saturated carbocycles. The minimum Gasteiger partial charge on any atom is -0.467 e. The third kappa shape index (κ3) is 2.55. The molecule has 1 amide bonds. The number of anilines is 1. The lowest BCUT2D eigenvalue weighted by Gasteiger charge is -2.03. The highest BCUT2D eigenvalue weighted by Crippen LogP contribution is 2.33. The van der Waals surface area contributed by atoms with Gasteiger partial charge in [0.05, 0.1) is 17.7 Å². The van der Waals surface area contributed by atoms with Crippen LogP contribution in [0.3, 0.4) is 0 Å². The number of nitrogen functional groups attached to an aromatic ring is 1. The Morgan fingerprint density at radius 3 is 3.00 bits per heavy atom. The van der Waals surface area contributed by atoms with Gasteiger partial charge in [-0.15, -0.1) is 11.3 Å². The van der Waals surface area contributed by atoms with Crippen molar-refractivity contribution in [3.05, 3.63) is 46.7 Å². The molecule has 0 spiro atoms. The second-order valence-electron chi connectivity index (χ2n) is 4.47. The fraction of sp³-hybridized carbons (Fsp3) is 0.143. The molecule has 3 N–H and O–H groups in total. The molecule has 108 valence electrons. The number of furan rings is 1. The number of aryl methyl sites for hydroxylation is 1. The lowest BCUT2D eigenvalue weighted by atomic mass is 10.1. The van der Waals surface area contributed by atoms with Gasteiger partial charge in [-0.05, 0) is 36.1 Å². The molecule has 21 heavy (non-hydrogen) atoms. The Kier molecular flexibility index (Phi) is 3.49. The molecule has 0 radical (unpaired) electrons. The second-order valence-corrected chi connectivity index (χ2v) is 5.38. The molecule has 0 atom stereocenters. The number of rotatable bonds is 4. The summed E-state index contributed by atoms with van der Waals surface area (Å²) < 4.78 is 10.2. The number of nitrogens with two attached hydrogens (primary N) is 1. The average Bonchev–Trinajstić information content (AvgIpc) is 3.17. The molecule has 6 nitrogen and oxygen atoms in total. The van der Waals surface area contributed by atoms with Gasteiger partial charge < -0.3 is 20.0 Å². The summed E-state index contributed by atoms with van der Waals surface area (Å²) in [5, 5.41) is 8.58. The normalized spacial score (nSPS) is 10.7. The monoisotopic (exact) mass is 303 g/mol. The number of nitrogens with zero attached hydrogens (tertiary/aromatic N) is 1. The van der Waals surface area contributed by atoms with Gasteiger partial charge in [0, 0.05) is 0 Å². The molecule has 3 aromatic heterocycles. The van der Waals surface area contributed by atoms with Gasteiger partial charge in [-0.25, -0.2) is 0 Å². The predicted molar refractivity (Wildman–Crippen MR) is 78.8 cm³/mol. The summed E-state index contributed by atoms with van der Waals surface area (Å²) in [7, 11) is 0. The Bertz CT molecular complexity index is 758. The van der Waals surface area contributed by atoms with Crippen molar-refractivity contribution in [2.75, 3.05) is 5.73 Å². The van der Waals surface area contributed by atoms with E-state index in [0.29, 0.717) is 11.5 Å². The van der Waals surface area contributed by atoms with Crippen molar-refractivity contribution in [1.29, 1.82) is 0 Å². The van der Waals surface area contributed by atoms with Gasteiger partial charge in [-0.3, -0.25) is 4.79 Å². The molecular weight excluding hydrogens is 290 g/mol. The molecule has 0 aromatic carbocycles. The van der Waals surface area contributed by atoms with Gasteiger partial charge in [-0.2, -0.15) is 0 Å². The molecule has 0 bridgehead atoms. The number of hydrogen-bond donors (Lipinski definition) is 2. The first-order chi connectivity index (χ1) is 10.2. The van der Waals surface area contributed by atoms with E-state index in [2.05, 4.69) is 10.5 Å². The van der Waals surface area contributed by atoms with Gasteiger partial charge in [0.1, 0.15) is 17.0 Å². The van der Waals surface area contributed by atoms with Gasteiger partial charge in [0.15, 0.2) is 0 Å². The highest BCUT2D eigenvalue weighted by molar-refractivity contribution is 7.13. The number of thiophene rings is 1. The smallest absolute Gasteiger partial charge is 0.259 e. The molecule has 0 aliphatic carbocycles. The summed E-state index contributed by atoms with van der Waals surface area (Å²) >= 11 is 1.49. The largest absolute Gasteiger partial charge is 0.467 e. The summed E-state index contributed by atoms with van der Waals surface area (Å²) in [5.41, 5.74) is 7.49. The number of carbonyl (C=O) groups excluding carboxylic acids is 1. The first-order valence-corrected chi connectivity index (χ1v) is 7.15. The minimum atomic E-state index is -0.340. The zero-order valence-corrected chi connectivity index (χ0v) is 12.1. The third-order valence-electron chi connectivity index (χ3n) is 3.03. The van der Waals surface area contributed by atoms with Crippen molar-refractivity contribution >= 4 is 23.1 Å². The Morgan fingerprint density at radius 2 is 2.33 bits per heavy atom. The molecule has 0 unspecified atom stereocenters. The van der Waals surface area contributed by atoms with Crippen LogP contribution in [-0.2, 0) is 6.54 Å². The molecule has 7 heteroatoms. The number of hydrogen-bond acceptors (Lipinski definition) is 6. The SMILES string of the molecule is Cc1ccsc1-c1noc(N)c1C(=O)NCc1ccco1. The zero-order chi connectivity index (χ0) is 14.8. The van der Waals surface area contributed by atoms with Crippen molar-refractivity contribution in [3.63, 3.8) is 0 Å². The fourth-order valence-corrected chi connectivity index (χ4v) is 2.87. The number of nitrogens with one attached hydrogen (secondary N) is 1. The van der Waals surface area contributed by atoms with E-state index in [1.807, 2.05) is 18.4 Å². The van der Waals surface area contributed by atoms with E-state index in [9.17, 15) is 4.79 Å². The lowest BCUT2D eigenvalue weighted by molar-refractivity contribution is 0.0949. The van der Waals surface area contributed by atoms with Crippen LogP contribution in [-0.4, -0.2) is 11.1 Å². The van der Waals surface area contributed by atoms with Crippen LogP contribution in [0, 0.1) is 6.92 Å². The van der Waals surface area contributed by atoms with Gasteiger partial charge in [0.2, 0.25) is 5.88 Å². The number of carbonyl (C=O) groups is 1. The van der Waals surface area contributed by atoms with E-state index < -0.39 is 0 Å². The molecule has 3 heterocycles. The predicted octanol–water partition coefficient (Wildman–Crippen LogP) is 2.82. The topological polar surface area (TPSA) is 94.3 Å². The van der Waals surface area contributed by atoms with Gasteiger partial charge in [0.25, 0.3) is 5.91 Å². The minimum absolute atomic E-state index is 0.00902. The Morgan fingerprint density at radius 1 is 1.48 bits per heavy atom. The standard InChI is InChI=1S/C14H13N3O3S/c1-8-4-6-21-12(8)11-10(13(15)20-17-11)14(18)16-7-9-3-2-5-19-9/h2-6H,7,15H2,1H3,(H,16,18). The number of amides is 1. The van der Waals surface area contributed by atoms with Crippen LogP contribution in [0.2, 0.25) is 0 Å². The van der Waals surface area contributed by atoms with E-state index in [-0.39, 0.29) is 23.9 Å². The maximum atomic E-state index is 12.3. The van der Waals surface area contributed by atoms with E-state index >= 15 is 0 Å². The fourth-order valence-electron chi connectivity index (χ4n) is 1.96. The zero-order valence-electron chi connectivity index (χ0n) is 11.3. The number of aromatic nitrogens is 1. The van der Waals surface area contributed by atoms with E-state index in [0.717, 1.165) is 10.4 Å². The average molecular weight is 303 g/mol. The summed E-state index contributed by atoms with van der Waals surface area (Å²) in [4.78, 5) is 13.2. The van der Waals surface area contributed by atoms with Gasteiger partial charge >= 0.3 is 0 Å². The Hall–Kier alpha value is -2.54. The van der Waals surface area contributed by atoms with Crippen molar-refractivity contribution < 1.29 is 13.7 Å². The van der Waals surface area contributed by atoms with Crippen LogP contribution in [0.15, 0.2) is 38.8 Å². The molecule has 3 aromatic rings. The second kappa shape index (κ2) is 5.45. The van der Waals surface area contributed by atoms with Crippen molar-refractivity contribution in [2.45, 2.75) is 13.5 Å².